The van der Waals surface area contributed by atoms with Gasteiger partial charge in [0.15, 0.2) is 0 Å². The largest absolute Gasteiger partial charge is 0.480 e. The third-order valence-corrected chi connectivity index (χ3v) is 7.28. The number of hydrogen-bond acceptors (Lipinski definition) is 2. The fourth-order valence-electron chi connectivity index (χ4n) is 5.59. The van der Waals surface area contributed by atoms with Gasteiger partial charge in [-0.1, -0.05) is 55.5 Å². The maximum absolute atomic E-state index is 14.2. The molecule has 1 N–H and O–H groups in total. The Morgan fingerprint density at radius 1 is 0.946 bits per heavy atom. The van der Waals surface area contributed by atoms with Crippen LogP contribution in [0.3, 0.4) is 0 Å². The molecule has 0 saturated carbocycles. The van der Waals surface area contributed by atoms with E-state index < -0.39 is 23.0 Å². The van der Waals surface area contributed by atoms with Crippen molar-refractivity contribution in [1.82, 2.24) is 9.47 Å². The number of carboxylic acid groups (broad SMARTS) is 1. The third kappa shape index (κ3) is 4.99. The molecule has 1 heterocycles. The normalized spacial score (nSPS) is 16.9. The molecule has 5 rings (SSSR count). The van der Waals surface area contributed by atoms with Gasteiger partial charge in [0, 0.05) is 35.8 Å². The van der Waals surface area contributed by atoms with E-state index in [0.29, 0.717) is 31.4 Å². The molecule has 0 aliphatic heterocycles. The predicted octanol–water partition coefficient (Wildman–Crippen LogP) is 5.73. The van der Waals surface area contributed by atoms with Gasteiger partial charge in [0.2, 0.25) is 5.91 Å². The molecule has 0 spiro atoms. The minimum Gasteiger partial charge on any atom is -0.480 e. The van der Waals surface area contributed by atoms with Crippen LogP contribution < -0.4 is 0 Å². The maximum Gasteiger partial charge on any atom is 0.323 e. The molecule has 0 saturated heterocycles. The number of hydrogen-bond donors (Lipinski definition) is 1. The Morgan fingerprint density at radius 3 is 2.30 bits per heavy atom. The van der Waals surface area contributed by atoms with Crippen LogP contribution in [0.4, 0.5) is 8.78 Å². The lowest BCUT2D eigenvalue weighted by atomic mass is 9.73. The van der Waals surface area contributed by atoms with Crippen LogP contribution in [0.15, 0.2) is 72.8 Å². The highest BCUT2D eigenvalue weighted by atomic mass is 19.1. The lowest BCUT2D eigenvalue weighted by Gasteiger charge is -2.38. The number of para-hydroxylation sites is 1. The summed E-state index contributed by atoms with van der Waals surface area (Å²) in [6.45, 7) is 2.18. The molecule has 1 amide bonds. The van der Waals surface area contributed by atoms with Crippen LogP contribution in [0.5, 0.6) is 0 Å². The van der Waals surface area contributed by atoms with E-state index in [-0.39, 0.29) is 19.0 Å². The van der Waals surface area contributed by atoms with Crippen molar-refractivity contribution in [2.75, 3.05) is 0 Å². The van der Waals surface area contributed by atoms with Gasteiger partial charge in [-0.05, 0) is 54.2 Å². The van der Waals surface area contributed by atoms with Gasteiger partial charge in [0.05, 0.1) is 5.41 Å². The molecule has 1 unspecified atom stereocenters. The monoisotopic (exact) mass is 502 g/mol. The fraction of sp³-hybridized carbons (Fsp3) is 0.267. The van der Waals surface area contributed by atoms with Crippen molar-refractivity contribution in [3.05, 3.63) is 107 Å². The van der Waals surface area contributed by atoms with Crippen molar-refractivity contribution >= 4 is 22.8 Å². The SMILES string of the molecule is CC1(C(=O)N(Cc2ccccc2)Cc2cc(F)cc(F)c2)CCc2c(c3ccccc3n2CC(=O)O)C1. The molecule has 190 valence electrons. The van der Waals surface area contributed by atoms with Crippen molar-refractivity contribution in [2.24, 2.45) is 5.41 Å². The standard InChI is InChI=1S/C30H28F2N2O3/c1-30(12-11-27-25(16-30)24-9-5-6-10-26(24)34(27)19-28(35)36)29(37)33(17-20-7-3-2-4-8-20)18-21-13-22(31)15-23(32)14-21/h2-10,13-15H,11-12,16-19H2,1H3,(H,35,36). The average molecular weight is 503 g/mol. The first-order valence-electron chi connectivity index (χ1n) is 12.3. The van der Waals surface area contributed by atoms with E-state index in [9.17, 15) is 23.5 Å². The molecule has 37 heavy (non-hydrogen) atoms. The molecule has 3 aromatic carbocycles. The number of aliphatic carboxylic acids is 1. The van der Waals surface area contributed by atoms with E-state index in [1.165, 1.54) is 12.1 Å². The molecule has 1 aromatic heterocycles. The Balaban J connectivity index is 1.51. The molecule has 4 aromatic rings. The van der Waals surface area contributed by atoms with Crippen molar-refractivity contribution in [1.29, 1.82) is 0 Å². The fourth-order valence-corrected chi connectivity index (χ4v) is 5.59. The maximum atomic E-state index is 14.2. The van der Waals surface area contributed by atoms with Crippen LogP contribution >= 0.6 is 0 Å². The lowest BCUT2D eigenvalue weighted by molar-refractivity contribution is -0.143. The number of nitrogens with zero attached hydrogens (tertiary/aromatic N) is 2. The Kier molecular flexibility index (Phi) is 6.54. The highest BCUT2D eigenvalue weighted by molar-refractivity contribution is 5.90. The second kappa shape index (κ2) is 9.81. The summed E-state index contributed by atoms with van der Waals surface area (Å²) in [7, 11) is 0. The quantitative estimate of drug-likeness (QED) is 0.351. The number of fused-ring (bicyclic) bond motifs is 3. The van der Waals surface area contributed by atoms with E-state index >= 15 is 0 Å². The average Bonchev–Trinajstić information content (AvgIpc) is 3.15. The number of amides is 1. The molecule has 5 nitrogen and oxygen atoms in total. The summed E-state index contributed by atoms with van der Waals surface area (Å²) in [5.74, 6) is -2.37. The van der Waals surface area contributed by atoms with Gasteiger partial charge < -0.3 is 14.6 Å². The summed E-state index contributed by atoms with van der Waals surface area (Å²) >= 11 is 0. The minimum absolute atomic E-state index is 0.0750. The Bertz CT molecular complexity index is 1460. The van der Waals surface area contributed by atoms with Gasteiger partial charge in [-0.15, -0.1) is 0 Å². The van der Waals surface area contributed by atoms with Crippen LogP contribution in [0, 0.1) is 17.0 Å². The van der Waals surface area contributed by atoms with Crippen molar-refractivity contribution in [2.45, 2.75) is 45.8 Å². The third-order valence-electron chi connectivity index (χ3n) is 7.28. The zero-order chi connectivity index (χ0) is 26.2. The number of carbonyl (C=O) groups is 2. The molecule has 0 radical (unpaired) electrons. The molecule has 7 heteroatoms. The first-order chi connectivity index (χ1) is 17.7. The van der Waals surface area contributed by atoms with Crippen molar-refractivity contribution in [3.8, 4) is 0 Å². The first kappa shape index (κ1) is 24.7. The highest BCUT2D eigenvalue weighted by Crippen LogP contribution is 2.42. The summed E-state index contributed by atoms with van der Waals surface area (Å²) in [6, 6.07) is 20.6. The van der Waals surface area contributed by atoms with E-state index in [1.807, 2.05) is 66.1 Å². The second-order valence-corrected chi connectivity index (χ2v) is 10.1. The Labute approximate surface area is 213 Å². The summed E-state index contributed by atoms with van der Waals surface area (Å²) < 4.78 is 29.8. The van der Waals surface area contributed by atoms with E-state index in [2.05, 4.69) is 0 Å². The van der Waals surface area contributed by atoms with E-state index in [0.717, 1.165) is 33.8 Å². The summed E-state index contributed by atoms with van der Waals surface area (Å²) in [5, 5.41) is 10.5. The van der Waals surface area contributed by atoms with Gasteiger partial charge in [-0.25, -0.2) is 8.78 Å². The summed E-state index contributed by atoms with van der Waals surface area (Å²) in [4.78, 5) is 27.4. The molecule has 1 aliphatic rings. The number of aromatic nitrogens is 1. The molecular weight excluding hydrogens is 474 g/mol. The van der Waals surface area contributed by atoms with Gasteiger partial charge in [-0.3, -0.25) is 9.59 Å². The summed E-state index contributed by atoms with van der Waals surface area (Å²) in [5.41, 5.74) is 3.35. The van der Waals surface area contributed by atoms with Gasteiger partial charge in [0.25, 0.3) is 0 Å². The Morgan fingerprint density at radius 2 is 1.59 bits per heavy atom. The van der Waals surface area contributed by atoms with Crippen LogP contribution in [0.25, 0.3) is 10.9 Å². The lowest BCUT2D eigenvalue weighted by Crippen LogP contribution is -2.45. The topological polar surface area (TPSA) is 62.5 Å². The van der Waals surface area contributed by atoms with E-state index in [1.54, 1.807) is 4.90 Å². The highest BCUT2D eigenvalue weighted by Gasteiger charge is 2.41. The van der Waals surface area contributed by atoms with Crippen LogP contribution in [0.1, 0.15) is 35.7 Å². The zero-order valence-electron chi connectivity index (χ0n) is 20.6. The molecule has 1 aliphatic carbocycles. The molecule has 0 bridgehead atoms. The zero-order valence-corrected chi connectivity index (χ0v) is 20.6. The molecular formula is C30H28F2N2O3. The summed E-state index contributed by atoms with van der Waals surface area (Å²) in [6.07, 6.45) is 1.56. The van der Waals surface area contributed by atoms with Crippen LogP contribution in [0.2, 0.25) is 0 Å². The van der Waals surface area contributed by atoms with Crippen LogP contribution in [-0.2, 0) is 42.1 Å². The number of carbonyl (C=O) groups excluding carboxylic acids is 1. The van der Waals surface area contributed by atoms with Gasteiger partial charge in [0.1, 0.15) is 18.2 Å². The number of rotatable bonds is 7. The molecule has 0 fully saturated rings. The Hall–Kier alpha value is -4.00. The smallest absolute Gasteiger partial charge is 0.323 e. The first-order valence-corrected chi connectivity index (χ1v) is 12.3. The van der Waals surface area contributed by atoms with Gasteiger partial charge in [-0.2, -0.15) is 0 Å². The number of halogens is 2. The number of carboxylic acids is 1. The van der Waals surface area contributed by atoms with Gasteiger partial charge >= 0.3 is 5.97 Å². The van der Waals surface area contributed by atoms with Crippen molar-refractivity contribution < 1.29 is 23.5 Å². The minimum atomic E-state index is -0.913. The molecule has 1 atom stereocenters. The number of benzene rings is 3. The van der Waals surface area contributed by atoms with E-state index in [4.69, 9.17) is 0 Å². The van der Waals surface area contributed by atoms with Crippen LogP contribution in [-0.4, -0.2) is 26.5 Å². The van der Waals surface area contributed by atoms with Crippen molar-refractivity contribution in [3.63, 3.8) is 0 Å². The second-order valence-electron chi connectivity index (χ2n) is 10.1. The predicted molar refractivity (Wildman–Crippen MR) is 137 cm³/mol.